The number of hydrogen-bond donors (Lipinski definition) is 2. The van der Waals surface area contributed by atoms with Gasteiger partial charge in [0.15, 0.2) is 12.3 Å². The molecule has 0 aliphatic carbocycles. The summed E-state index contributed by atoms with van der Waals surface area (Å²) in [6.45, 7) is 1.60. The van der Waals surface area contributed by atoms with Crippen LogP contribution >= 0.6 is 11.6 Å². The Morgan fingerprint density at radius 3 is 2.89 bits per heavy atom. The maximum Gasteiger partial charge on any atom is 0.179 e. The first kappa shape index (κ1) is 25.3. The molecule has 4 heterocycles. The predicted octanol–water partition coefficient (Wildman–Crippen LogP) is 2.65. The summed E-state index contributed by atoms with van der Waals surface area (Å²) in [5, 5.41) is 27.3. The lowest BCUT2D eigenvalue weighted by Crippen LogP contribution is -2.42. The second kappa shape index (κ2) is 10.8. The van der Waals surface area contributed by atoms with Crippen molar-refractivity contribution in [2.45, 2.75) is 31.7 Å². The van der Waals surface area contributed by atoms with Crippen LogP contribution in [0.2, 0.25) is 5.02 Å². The molecule has 3 atom stereocenters. The molecule has 1 saturated heterocycles. The van der Waals surface area contributed by atoms with Gasteiger partial charge in [0.2, 0.25) is 0 Å². The molecule has 1 aliphatic heterocycles. The van der Waals surface area contributed by atoms with Crippen molar-refractivity contribution in [3.05, 3.63) is 58.9 Å². The van der Waals surface area contributed by atoms with E-state index in [1.807, 2.05) is 6.19 Å². The van der Waals surface area contributed by atoms with Gasteiger partial charge in [0.05, 0.1) is 48.0 Å². The van der Waals surface area contributed by atoms with Crippen LogP contribution in [-0.4, -0.2) is 67.9 Å². The smallest absolute Gasteiger partial charge is 0.179 e. The first-order chi connectivity index (χ1) is 17.3. The highest BCUT2D eigenvalue weighted by atomic mass is 35.5. The fourth-order valence-electron chi connectivity index (χ4n) is 4.01. The number of nitrogens with two attached hydrogens (primary N) is 1. The van der Waals surface area contributed by atoms with Gasteiger partial charge in [0.1, 0.15) is 29.0 Å². The van der Waals surface area contributed by atoms with Gasteiger partial charge in [-0.2, -0.15) is 15.5 Å². The Hall–Kier alpha value is -3.82. The zero-order chi connectivity index (χ0) is 25.8. The molecule has 13 heteroatoms. The summed E-state index contributed by atoms with van der Waals surface area (Å²) in [5.41, 5.74) is 1.83. The number of halogens is 3. The van der Waals surface area contributed by atoms with Crippen molar-refractivity contribution in [1.29, 1.82) is 5.26 Å². The number of aliphatic hydroxyl groups is 1. The van der Waals surface area contributed by atoms with E-state index in [1.54, 1.807) is 19.2 Å². The van der Waals surface area contributed by atoms with E-state index in [-0.39, 0.29) is 18.0 Å². The highest BCUT2D eigenvalue weighted by Gasteiger charge is 2.29. The molecule has 0 aromatic carbocycles. The fraction of sp³-hybridized carbons (Fsp3) is 0.348. The maximum absolute atomic E-state index is 14.6. The number of aliphatic hydroxyl groups excluding tert-OH is 1. The van der Waals surface area contributed by atoms with Gasteiger partial charge >= 0.3 is 0 Å². The van der Waals surface area contributed by atoms with E-state index in [9.17, 15) is 13.9 Å². The molecule has 0 bridgehead atoms. The minimum atomic E-state index is -1.31. The van der Waals surface area contributed by atoms with E-state index < -0.39 is 30.7 Å². The molecule has 0 saturated carbocycles. The van der Waals surface area contributed by atoms with Crippen LogP contribution in [0.1, 0.15) is 30.7 Å². The van der Waals surface area contributed by atoms with Crippen LogP contribution in [0.5, 0.6) is 5.75 Å². The lowest BCUT2D eigenvalue weighted by atomic mass is 10.0. The van der Waals surface area contributed by atoms with Crippen molar-refractivity contribution in [2.24, 2.45) is 15.9 Å². The van der Waals surface area contributed by atoms with Crippen molar-refractivity contribution in [3.63, 3.8) is 0 Å². The third kappa shape index (κ3) is 5.22. The number of piperidine rings is 1. The Labute approximate surface area is 210 Å². The minimum absolute atomic E-state index is 0.0250. The molecule has 3 aromatic heterocycles. The summed E-state index contributed by atoms with van der Waals surface area (Å²) in [5.74, 6) is 5.41. The first-order valence-corrected chi connectivity index (χ1v) is 11.4. The van der Waals surface area contributed by atoms with Crippen LogP contribution in [0.3, 0.4) is 0 Å². The number of fused-ring (bicyclic) bond motifs is 1. The van der Waals surface area contributed by atoms with Crippen molar-refractivity contribution in [1.82, 2.24) is 19.5 Å². The third-order valence-electron chi connectivity index (χ3n) is 5.80. The van der Waals surface area contributed by atoms with Gasteiger partial charge in [0, 0.05) is 18.3 Å². The summed E-state index contributed by atoms with van der Waals surface area (Å²) in [7, 11) is 0. The Kier molecular flexibility index (Phi) is 7.61. The average Bonchev–Trinajstić information content (AvgIpc) is 3.25. The molecule has 3 aromatic rings. The normalized spacial score (nSPS) is 19.8. The molecule has 4 rings (SSSR count). The lowest BCUT2D eigenvalue weighted by Gasteiger charge is -2.29. The number of aliphatic imine (C=N–C) groups is 1. The lowest BCUT2D eigenvalue weighted by molar-refractivity contribution is 0.114. The second-order valence-electron chi connectivity index (χ2n) is 8.18. The van der Waals surface area contributed by atoms with E-state index in [0.29, 0.717) is 40.5 Å². The van der Waals surface area contributed by atoms with Gasteiger partial charge < -0.3 is 20.6 Å². The van der Waals surface area contributed by atoms with E-state index in [1.165, 1.54) is 27.7 Å². The van der Waals surface area contributed by atoms with Crippen molar-refractivity contribution < 1.29 is 18.6 Å². The van der Waals surface area contributed by atoms with E-state index >= 15 is 0 Å². The highest BCUT2D eigenvalue weighted by Crippen LogP contribution is 2.32. The monoisotopic (exact) mass is 516 g/mol. The molecule has 3 unspecified atom stereocenters. The summed E-state index contributed by atoms with van der Waals surface area (Å²) in [6.07, 6.45) is 4.15. The van der Waals surface area contributed by atoms with Gasteiger partial charge in [-0.15, -0.1) is 0 Å². The number of rotatable bonds is 7. The SMILES string of the molecule is CC(=NC1CCN(C#N)CC1F)/C(=N\N)c1cc(OC(CO)c2ccc(F)cn2)c2c(Cl)cnn2c1. The predicted molar refractivity (Wildman–Crippen MR) is 129 cm³/mol. The summed E-state index contributed by atoms with van der Waals surface area (Å²) < 4.78 is 35.4. The Morgan fingerprint density at radius 1 is 1.44 bits per heavy atom. The standard InChI is InChI=1S/C23H23ClF2N8O2/c1-13(31-18-4-5-33(12-27)10-17(18)26)22(32-28)14-6-20(23-16(24)8-30-34(23)9-14)36-21(11-35)19-3-2-15(25)7-29-19/h2-3,6-9,17-18,21,35H,4-5,10-11,28H2,1H3/b31-13?,32-22+. The quantitative estimate of drug-likeness (QED) is 0.213. The second-order valence-corrected chi connectivity index (χ2v) is 8.59. The van der Waals surface area contributed by atoms with Gasteiger partial charge in [-0.05, 0) is 31.5 Å². The number of hydrogen-bond acceptors (Lipinski definition) is 9. The van der Waals surface area contributed by atoms with Crippen LogP contribution < -0.4 is 10.6 Å². The van der Waals surface area contributed by atoms with Crippen LogP contribution in [0.4, 0.5) is 8.78 Å². The molecule has 188 valence electrons. The Morgan fingerprint density at radius 2 is 2.25 bits per heavy atom. The first-order valence-electron chi connectivity index (χ1n) is 11.0. The molecule has 0 radical (unpaired) electrons. The zero-order valence-corrected chi connectivity index (χ0v) is 20.0. The van der Waals surface area contributed by atoms with Crippen molar-refractivity contribution in [3.8, 4) is 11.9 Å². The molecule has 36 heavy (non-hydrogen) atoms. The number of ether oxygens (including phenoxy) is 1. The maximum atomic E-state index is 14.6. The summed E-state index contributed by atoms with van der Waals surface area (Å²) >= 11 is 6.33. The van der Waals surface area contributed by atoms with Gasteiger partial charge in [-0.25, -0.2) is 13.3 Å². The molecule has 0 spiro atoms. The number of nitriles is 1. The van der Waals surface area contributed by atoms with Gasteiger partial charge in [-0.1, -0.05) is 11.6 Å². The summed E-state index contributed by atoms with van der Waals surface area (Å²) in [4.78, 5) is 9.84. The zero-order valence-electron chi connectivity index (χ0n) is 19.2. The van der Waals surface area contributed by atoms with E-state index in [2.05, 4.69) is 20.2 Å². The molecular formula is C23H23ClF2N8O2. The number of alkyl halides is 1. The molecule has 1 aliphatic rings. The Bertz CT molecular complexity index is 1340. The highest BCUT2D eigenvalue weighted by molar-refractivity contribution is 6.47. The van der Waals surface area contributed by atoms with Crippen molar-refractivity contribution >= 4 is 28.5 Å². The molecule has 3 N–H and O–H groups in total. The fourth-order valence-corrected chi connectivity index (χ4v) is 4.23. The number of pyridine rings is 2. The van der Waals surface area contributed by atoms with Gasteiger partial charge in [0.25, 0.3) is 0 Å². The largest absolute Gasteiger partial charge is 0.479 e. The van der Waals surface area contributed by atoms with Crippen LogP contribution in [0.25, 0.3) is 5.52 Å². The number of hydrazone groups is 1. The number of aromatic nitrogens is 3. The Balaban J connectivity index is 1.69. The number of nitrogens with zero attached hydrogens (tertiary/aromatic N) is 7. The number of likely N-dealkylation sites (tertiary alicyclic amines) is 1. The third-order valence-corrected chi connectivity index (χ3v) is 6.08. The average molecular weight is 517 g/mol. The molecule has 10 nitrogen and oxygen atoms in total. The topological polar surface area (TPSA) is 137 Å². The van der Waals surface area contributed by atoms with Crippen LogP contribution in [-0.2, 0) is 0 Å². The minimum Gasteiger partial charge on any atom is -0.479 e. The molecular weight excluding hydrogens is 494 g/mol. The van der Waals surface area contributed by atoms with Gasteiger partial charge in [-0.3, -0.25) is 9.98 Å². The van der Waals surface area contributed by atoms with E-state index in [4.69, 9.17) is 27.4 Å². The van der Waals surface area contributed by atoms with Crippen molar-refractivity contribution in [2.75, 3.05) is 19.7 Å². The van der Waals surface area contributed by atoms with E-state index in [0.717, 1.165) is 6.20 Å². The summed E-state index contributed by atoms with van der Waals surface area (Å²) in [6, 6.07) is 3.58. The van der Waals surface area contributed by atoms with Crippen LogP contribution in [0.15, 0.2) is 46.9 Å². The molecule has 0 amide bonds. The molecule has 1 fully saturated rings. The van der Waals surface area contributed by atoms with Crippen LogP contribution in [0, 0.1) is 17.3 Å².